The minimum Gasteiger partial charge on any atom is -0.462 e. The molecule has 0 radical (unpaired) electrons. The first-order chi connectivity index (χ1) is 30.0. The van der Waals surface area contributed by atoms with Gasteiger partial charge in [-0.2, -0.15) is 0 Å². The zero-order valence-corrected chi connectivity index (χ0v) is 39.1. The Morgan fingerprint density at radius 2 is 0.738 bits per heavy atom. The van der Waals surface area contributed by atoms with Crippen molar-refractivity contribution in [2.45, 2.75) is 207 Å². The Hall–Kier alpha value is -3.93. The van der Waals surface area contributed by atoms with Gasteiger partial charge in [-0.1, -0.05) is 194 Å². The first-order valence-electron chi connectivity index (χ1n) is 24.4. The van der Waals surface area contributed by atoms with Gasteiger partial charge in [-0.15, -0.1) is 0 Å². The highest BCUT2D eigenvalue weighted by Crippen LogP contribution is 2.13. The molecule has 0 aliphatic carbocycles. The summed E-state index contributed by atoms with van der Waals surface area (Å²) in [5, 5.41) is 0. The van der Waals surface area contributed by atoms with E-state index in [1.165, 1.54) is 38.5 Å². The van der Waals surface area contributed by atoms with Crippen LogP contribution in [0.15, 0.2) is 109 Å². The summed E-state index contributed by atoms with van der Waals surface area (Å²) in [6.45, 7) is 6.27. The van der Waals surface area contributed by atoms with Crippen LogP contribution >= 0.6 is 0 Å². The fourth-order valence-electron chi connectivity index (χ4n) is 6.21. The average molecular weight is 845 g/mol. The number of carbonyl (C=O) groups excluding carboxylic acids is 3. The van der Waals surface area contributed by atoms with Crippen molar-refractivity contribution < 1.29 is 28.6 Å². The maximum Gasteiger partial charge on any atom is 0.306 e. The van der Waals surface area contributed by atoms with Crippen LogP contribution in [0.5, 0.6) is 0 Å². The van der Waals surface area contributed by atoms with Crippen LogP contribution < -0.4 is 0 Å². The number of unbranched alkanes of at least 4 members (excludes halogenated alkanes) is 16. The van der Waals surface area contributed by atoms with Crippen LogP contribution in [0.4, 0.5) is 0 Å². The van der Waals surface area contributed by atoms with E-state index in [9.17, 15) is 14.4 Å². The van der Waals surface area contributed by atoms with E-state index >= 15 is 0 Å². The number of hydrogen-bond donors (Lipinski definition) is 0. The van der Waals surface area contributed by atoms with E-state index in [1.807, 2.05) is 24.3 Å². The maximum atomic E-state index is 12.7. The third kappa shape index (κ3) is 47.0. The number of esters is 3. The lowest BCUT2D eigenvalue weighted by atomic mass is 10.1. The van der Waals surface area contributed by atoms with Crippen molar-refractivity contribution in [2.75, 3.05) is 13.2 Å². The molecular weight excluding hydrogens is 757 g/mol. The molecule has 0 rings (SSSR count). The van der Waals surface area contributed by atoms with Gasteiger partial charge in [-0.3, -0.25) is 14.4 Å². The second-order valence-corrected chi connectivity index (χ2v) is 15.7. The van der Waals surface area contributed by atoms with Gasteiger partial charge >= 0.3 is 17.9 Å². The van der Waals surface area contributed by atoms with E-state index in [0.717, 1.165) is 116 Å². The maximum absolute atomic E-state index is 12.7. The van der Waals surface area contributed by atoms with Crippen LogP contribution in [0, 0.1) is 0 Å². The minimum absolute atomic E-state index is 0.106. The summed E-state index contributed by atoms with van der Waals surface area (Å²) < 4.78 is 16.7. The molecular formula is C55H88O6. The standard InChI is InChI=1S/C55H88O6/c1-4-7-10-13-16-19-21-23-25-26-27-28-30-31-33-36-39-42-45-48-54(57)60-51-52(50-59-53(56)47-44-41-38-35-18-15-12-9-6-3)61-55(58)49-46-43-40-37-34-32-29-24-22-20-17-14-11-8-5-2/h7-8,10-11,14,16-17,19-20,22-25,27-29,35,38,52H,4-6,9,12-13,15,18,21,26,30-34,36-37,39-51H2,1-3H3/b10-7-,11-8-,17-14-,19-16-,22-20-,25-23-,28-27-,29-24-,38-35-. The molecule has 0 saturated carbocycles. The van der Waals surface area contributed by atoms with Gasteiger partial charge in [-0.05, 0) is 96.3 Å². The van der Waals surface area contributed by atoms with Crippen LogP contribution in [0.1, 0.15) is 201 Å². The Kier molecular flexibility index (Phi) is 45.6. The minimum atomic E-state index is -0.808. The highest BCUT2D eigenvalue weighted by molar-refractivity contribution is 5.71. The Labute approximate surface area is 374 Å². The molecule has 0 heterocycles. The number of ether oxygens (including phenoxy) is 3. The zero-order valence-electron chi connectivity index (χ0n) is 39.1. The smallest absolute Gasteiger partial charge is 0.306 e. The molecule has 6 heteroatoms. The molecule has 61 heavy (non-hydrogen) atoms. The predicted octanol–water partition coefficient (Wildman–Crippen LogP) is 16.0. The summed E-state index contributed by atoms with van der Waals surface area (Å²) in [5.41, 5.74) is 0. The fourth-order valence-corrected chi connectivity index (χ4v) is 6.21. The first kappa shape index (κ1) is 57.1. The van der Waals surface area contributed by atoms with Crippen molar-refractivity contribution in [2.24, 2.45) is 0 Å². The lowest BCUT2D eigenvalue weighted by molar-refractivity contribution is -0.167. The third-order valence-corrected chi connectivity index (χ3v) is 9.84. The number of allylic oxidation sites excluding steroid dienone is 18. The van der Waals surface area contributed by atoms with Crippen molar-refractivity contribution >= 4 is 17.9 Å². The number of carbonyl (C=O) groups is 3. The molecule has 0 saturated heterocycles. The highest BCUT2D eigenvalue weighted by atomic mass is 16.6. The summed E-state index contributed by atoms with van der Waals surface area (Å²) in [6, 6.07) is 0. The van der Waals surface area contributed by atoms with Gasteiger partial charge in [0, 0.05) is 19.3 Å². The highest BCUT2D eigenvalue weighted by Gasteiger charge is 2.19. The van der Waals surface area contributed by atoms with Crippen molar-refractivity contribution in [1.82, 2.24) is 0 Å². The van der Waals surface area contributed by atoms with Crippen LogP contribution in [0.25, 0.3) is 0 Å². The van der Waals surface area contributed by atoms with Crippen LogP contribution in [-0.4, -0.2) is 37.2 Å². The summed E-state index contributed by atoms with van der Waals surface area (Å²) in [4.78, 5) is 37.8. The van der Waals surface area contributed by atoms with Gasteiger partial charge in [0.1, 0.15) is 13.2 Å². The molecule has 0 fully saturated rings. The van der Waals surface area contributed by atoms with E-state index in [2.05, 4.69) is 106 Å². The van der Waals surface area contributed by atoms with E-state index in [4.69, 9.17) is 14.2 Å². The van der Waals surface area contributed by atoms with Gasteiger partial charge in [0.2, 0.25) is 0 Å². The summed E-state index contributed by atoms with van der Waals surface area (Å²) in [7, 11) is 0. The molecule has 344 valence electrons. The molecule has 0 amide bonds. The van der Waals surface area contributed by atoms with Gasteiger partial charge in [-0.25, -0.2) is 0 Å². The summed E-state index contributed by atoms with van der Waals surface area (Å²) in [6.07, 6.45) is 65.1. The molecule has 0 bridgehead atoms. The molecule has 1 atom stereocenters. The second-order valence-electron chi connectivity index (χ2n) is 15.7. The fraction of sp³-hybridized carbons (Fsp3) is 0.618. The van der Waals surface area contributed by atoms with E-state index in [1.54, 1.807) is 0 Å². The van der Waals surface area contributed by atoms with Crippen LogP contribution in [-0.2, 0) is 28.6 Å². The van der Waals surface area contributed by atoms with Crippen LogP contribution in [0.3, 0.4) is 0 Å². The Morgan fingerprint density at radius 1 is 0.361 bits per heavy atom. The summed E-state index contributed by atoms with van der Waals surface area (Å²) >= 11 is 0. The summed E-state index contributed by atoms with van der Waals surface area (Å²) in [5.74, 6) is -0.988. The number of rotatable bonds is 42. The van der Waals surface area contributed by atoms with Gasteiger partial charge in [0.15, 0.2) is 6.10 Å². The van der Waals surface area contributed by atoms with Crippen molar-refractivity contribution in [1.29, 1.82) is 0 Å². The largest absolute Gasteiger partial charge is 0.462 e. The molecule has 0 aromatic rings. The topological polar surface area (TPSA) is 78.9 Å². The lowest BCUT2D eigenvalue weighted by Gasteiger charge is -2.18. The quantitative estimate of drug-likeness (QED) is 0.0200. The first-order valence-corrected chi connectivity index (χ1v) is 24.4. The second kappa shape index (κ2) is 48.7. The normalized spacial score (nSPS) is 13.0. The van der Waals surface area contributed by atoms with Crippen molar-refractivity contribution in [3.63, 3.8) is 0 Å². The molecule has 0 aliphatic heterocycles. The van der Waals surface area contributed by atoms with Crippen LogP contribution in [0.2, 0.25) is 0 Å². The third-order valence-electron chi connectivity index (χ3n) is 9.84. The van der Waals surface area contributed by atoms with Gasteiger partial charge < -0.3 is 14.2 Å². The Bertz CT molecular complexity index is 1290. The molecule has 0 aromatic carbocycles. The molecule has 1 unspecified atom stereocenters. The van der Waals surface area contributed by atoms with Gasteiger partial charge in [0.25, 0.3) is 0 Å². The van der Waals surface area contributed by atoms with E-state index in [-0.39, 0.29) is 37.5 Å². The van der Waals surface area contributed by atoms with E-state index < -0.39 is 6.10 Å². The molecule has 0 aromatic heterocycles. The van der Waals surface area contributed by atoms with Crippen molar-refractivity contribution in [3.8, 4) is 0 Å². The Morgan fingerprint density at radius 3 is 1.28 bits per heavy atom. The zero-order chi connectivity index (χ0) is 44.4. The number of hydrogen-bond acceptors (Lipinski definition) is 6. The SMILES string of the molecule is CC\C=C/C=C\C=C/C=C\CCCCCCCC(=O)OC(COC(=O)CCC/C=C\CCCCCC)COC(=O)CCCCCCCC/C=C\C/C=C\C/C=C\C/C=C\CC. The Balaban J connectivity index is 4.43. The predicted molar refractivity (Wildman–Crippen MR) is 260 cm³/mol. The monoisotopic (exact) mass is 845 g/mol. The molecule has 0 aliphatic rings. The molecule has 6 nitrogen and oxygen atoms in total. The van der Waals surface area contributed by atoms with E-state index in [0.29, 0.717) is 19.3 Å². The molecule has 0 spiro atoms. The lowest BCUT2D eigenvalue weighted by Crippen LogP contribution is -2.30. The van der Waals surface area contributed by atoms with Gasteiger partial charge in [0.05, 0.1) is 0 Å². The van der Waals surface area contributed by atoms with Crippen molar-refractivity contribution in [3.05, 3.63) is 109 Å². The average Bonchev–Trinajstić information content (AvgIpc) is 3.26. The molecule has 0 N–H and O–H groups in total.